The Labute approximate surface area is 127 Å². The average molecular weight is 304 g/mol. The topological polar surface area (TPSA) is 79.2 Å². The molecular weight excluding hydrogens is 288 g/mol. The SMILES string of the molecule is C[C@@H](OC(=O)[C@H]1CC=CCC1)C(=O)Nc1sccc1C#N. The van der Waals surface area contributed by atoms with Crippen LogP contribution in [0.5, 0.6) is 0 Å². The zero-order valence-electron chi connectivity index (χ0n) is 11.7. The third kappa shape index (κ3) is 3.92. The molecule has 6 heteroatoms. The summed E-state index contributed by atoms with van der Waals surface area (Å²) in [5, 5.41) is 13.7. The molecule has 0 radical (unpaired) electrons. The maximum absolute atomic E-state index is 12.0. The Morgan fingerprint density at radius 1 is 1.52 bits per heavy atom. The molecule has 110 valence electrons. The summed E-state index contributed by atoms with van der Waals surface area (Å²) in [5.74, 6) is -0.927. The number of nitriles is 1. The summed E-state index contributed by atoms with van der Waals surface area (Å²) in [6.45, 7) is 1.53. The van der Waals surface area contributed by atoms with Crippen molar-refractivity contribution in [3.63, 3.8) is 0 Å². The highest BCUT2D eigenvalue weighted by Crippen LogP contribution is 2.23. The summed E-state index contributed by atoms with van der Waals surface area (Å²) in [5.41, 5.74) is 0.407. The first-order chi connectivity index (χ1) is 10.1. The molecular formula is C15H16N2O3S. The van der Waals surface area contributed by atoms with E-state index >= 15 is 0 Å². The van der Waals surface area contributed by atoms with E-state index in [2.05, 4.69) is 5.32 Å². The Hall–Kier alpha value is -2.13. The second-order valence-electron chi connectivity index (χ2n) is 4.82. The van der Waals surface area contributed by atoms with Gasteiger partial charge in [-0.1, -0.05) is 12.2 Å². The fraction of sp³-hybridized carbons (Fsp3) is 0.400. The van der Waals surface area contributed by atoms with E-state index in [1.54, 1.807) is 11.4 Å². The fourth-order valence-corrected chi connectivity index (χ4v) is 2.78. The molecule has 1 aliphatic rings. The lowest BCUT2D eigenvalue weighted by molar-refractivity contribution is -0.157. The summed E-state index contributed by atoms with van der Waals surface area (Å²) in [7, 11) is 0. The van der Waals surface area contributed by atoms with Gasteiger partial charge in [-0.3, -0.25) is 9.59 Å². The highest BCUT2D eigenvalue weighted by Gasteiger charge is 2.25. The van der Waals surface area contributed by atoms with Crippen molar-refractivity contribution >= 4 is 28.2 Å². The molecule has 1 amide bonds. The van der Waals surface area contributed by atoms with Crippen LogP contribution in [-0.4, -0.2) is 18.0 Å². The highest BCUT2D eigenvalue weighted by atomic mass is 32.1. The molecule has 1 aliphatic carbocycles. The number of nitrogens with one attached hydrogen (secondary N) is 1. The number of carbonyl (C=O) groups excluding carboxylic acids is 2. The Kier molecular flexibility index (Phi) is 5.12. The third-order valence-electron chi connectivity index (χ3n) is 3.29. The second-order valence-corrected chi connectivity index (χ2v) is 5.74. The second kappa shape index (κ2) is 7.04. The van der Waals surface area contributed by atoms with Gasteiger partial charge in [0, 0.05) is 0 Å². The minimum Gasteiger partial charge on any atom is -0.452 e. The van der Waals surface area contributed by atoms with Crippen LogP contribution in [0.3, 0.4) is 0 Å². The number of hydrogen-bond donors (Lipinski definition) is 1. The van der Waals surface area contributed by atoms with E-state index < -0.39 is 12.0 Å². The van der Waals surface area contributed by atoms with Gasteiger partial charge >= 0.3 is 5.97 Å². The van der Waals surface area contributed by atoms with Gasteiger partial charge in [0.1, 0.15) is 11.1 Å². The number of esters is 1. The highest BCUT2D eigenvalue weighted by molar-refractivity contribution is 7.14. The van der Waals surface area contributed by atoms with Crippen molar-refractivity contribution < 1.29 is 14.3 Å². The number of anilines is 1. The van der Waals surface area contributed by atoms with Gasteiger partial charge in [-0.05, 0) is 37.6 Å². The Bertz CT molecular complexity index is 600. The minimum atomic E-state index is -0.878. The van der Waals surface area contributed by atoms with Gasteiger partial charge < -0.3 is 10.1 Å². The van der Waals surface area contributed by atoms with E-state index in [0.29, 0.717) is 17.0 Å². The molecule has 0 aromatic carbocycles. The molecule has 0 saturated heterocycles. The first-order valence-corrected chi connectivity index (χ1v) is 7.63. The maximum atomic E-state index is 12.0. The van der Waals surface area contributed by atoms with Crippen molar-refractivity contribution in [1.82, 2.24) is 0 Å². The number of carbonyl (C=O) groups is 2. The molecule has 0 fully saturated rings. The molecule has 0 saturated carbocycles. The molecule has 1 N–H and O–H groups in total. The van der Waals surface area contributed by atoms with Crippen LogP contribution >= 0.6 is 11.3 Å². The lowest BCUT2D eigenvalue weighted by Crippen LogP contribution is -2.32. The standard InChI is InChI=1S/C15H16N2O3S/c1-10(20-15(19)11-5-3-2-4-6-11)13(18)17-14-12(9-16)7-8-21-14/h2-3,7-8,10-11H,4-6H2,1H3,(H,17,18)/t10-,11+/m1/s1. The molecule has 1 aromatic rings. The van der Waals surface area contributed by atoms with Crippen molar-refractivity contribution in [3.05, 3.63) is 29.2 Å². The Morgan fingerprint density at radius 2 is 2.33 bits per heavy atom. The molecule has 2 rings (SSSR count). The lowest BCUT2D eigenvalue weighted by atomic mass is 9.95. The first kappa shape index (κ1) is 15.3. The van der Waals surface area contributed by atoms with Gasteiger partial charge in [-0.15, -0.1) is 11.3 Å². The number of amides is 1. The van der Waals surface area contributed by atoms with Crippen LogP contribution in [0, 0.1) is 17.2 Å². The van der Waals surface area contributed by atoms with Crippen molar-refractivity contribution in [1.29, 1.82) is 5.26 Å². The number of thiophene rings is 1. The lowest BCUT2D eigenvalue weighted by Gasteiger charge is -2.19. The van der Waals surface area contributed by atoms with E-state index in [1.807, 2.05) is 18.2 Å². The quantitative estimate of drug-likeness (QED) is 0.685. The van der Waals surface area contributed by atoms with Gasteiger partial charge in [-0.2, -0.15) is 5.26 Å². The number of nitrogens with zero attached hydrogens (tertiary/aromatic N) is 1. The molecule has 1 heterocycles. The van der Waals surface area contributed by atoms with Crippen molar-refractivity contribution in [2.45, 2.75) is 32.3 Å². The van der Waals surface area contributed by atoms with Crippen molar-refractivity contribution in [3.8, 4) is 6.07 Å². The van der Waals surface area contributed by atoms with E-state index in [1.165, 1.54) is 18.3 Å². The predicted octanol–water partition coefficient (Wildman–Crippen LogP) is 2.85. The number of ether oxygens (including phenoxy) is 1. The average Bonchev–Trinajstić information content (AvgIpc) is 2.95. The monoisotopic (exact) mass is 304 g/mol. The van der Waals surface area contributed by atoms with Gasteiger partial charge in [0.2, 0.25) is 0 Å². The molecule has 5 nitrogen and oxygen atoms in total. The van der Waals surface area contributed by atoms with Crippen LogP contribution < -0.4 is 5.32 Å². The molecule has 0 unspecified atom stereocenters. The summed E-state index contributed by atoms with van der Waals surface area (Å²) < 4.78 is 5.21. The molecule has 21 heavy (non-hydrogen) atoms. The van der Waals surface area contributed by atoms with Crippen LogP contribution in [-0.2, 0) is 14.3 Å². The minimum absolute atomic E-state index is 0.165. The zero-order valence-corrected chi connectivity index (χ0v) is 12.5. The summed E-state index contributed by atoms with van der Waals surface area (Å²) in [4.78, 5) is 23.9. The molecule has 1 aromatic heterocycles. The van der Waals surface area contributed by atoms with E-state index in [4.69, 9.17) is 10.00 Å². The predicted molar refractivity (Wildman–Crippen MR) is 79.7 cm³/mol. The van der Waals surface area contributed by atoms with Crippen LogP contribution in [0.2, 0.25) is 0 Å². The molecule has 0 bridgehead atoms. The van der Waals surface area contributed by atoms with Gasteiger partial charge in [-0.25, -0.2) is 0 Å². The third-order valence-corrected chi connectivity index (χ3v) is 4.12. The summed E-state index contributed by atoms with van der Waals surface area (Å²) >= 11 is 1.26. The summed E-state index contributed by atoms with van der Waals surface area (Å²) in [6.07, 6.45) is 5.41. The normalized spacial score (nSPS) is 18.6. The Balaban J connectivity index is 1.89. The first-order valence-electron chi connectivity index (χ1n) is 6.75. The van der Waals surface area contributed by atoms with E-state index in [0.717, 1.165) is 12.8 Å². The smallest absolute Gasteiger partial charge is 0.310 e. The number of rotatable bonds is 4. The van der Waals surface area contributed by atoms with Crippen LogP contribution in [0.25, 0.3) is 0 Å². The number of allylic oxidation sites excluding steroid dienone is 2. The van der Waals surface area contributed by atoms with E-state index in [9.17, 15) is 9.59 Å². The fourth-order valence-electron chi connectivity index (χ4n) is 2.04. The van der Waals surface area contributed by atoms with Gasteiger partial charge in [0.05, 0.1) is 11.5 Å². The summed E-state index contributed by atoms with van der Waals surface area (Å²) in [6, 6.07) is 3.62. The van der Waals surface area contributed by atoms with Crippen molar-refractivity contribution in [2.24, 2.45) is 5.92 Å². The number of hydrogen-bond acceptors (Lipinski definition) is 5. The Morgan fingerprint density at radius 3 is 3.00 bits per heavy atom. The zero-order chi connectivity index (χ0) is 15.2. The maximum Gasteiger partial charge on any atom is 0.310 e. The van der Waals surface area contributed by atoms with Crippen LogP contribution in [0.4, 0.5) is 5.00 Å². The van der Waals surface area contributed by atoms with E-state index in [-0.39, 0.29) is 11.9 Å². The van der Waals surface area contributed by atoms with Crippen LogP contribution in [0.15, 0.2) is 23.6 Å². The molecule has 0 aliphatic heterocycles. The largest absolute Gasteiger partial charge is 0.452 e. The molecule has 0 spiro atoms. The molecule has 2 atom stereocenters. The van der Waals surface area contributed by atoms with Crippen LogP contribution in [0.1, 0.15) is 31.7 Å². The van der Waals surface area contributed by atoms with Crippen molar-refractivity contribution in [2.75, 3.05) is 5.32 Å². The van der Waals surface area contributed by atoms with Gasteiger partial charge in [0.15, 0.2) is 6.10 Å². The van der Waals surface area contributed by atoms with Gasteiger partial charge in [0.25, 0.3) is 5.91 Å².